The van der Waals surface area contributed by atoms with E-state index in [9.17, 15) is 13.6 Å². The number of anilines is 1. The molecule has 0 aliphatic heterocycles. The Kier molecular flexibility index (Phi) is 4.40. The number of halogens is 4. The van der Waals surface area contributed by atoms with Crippen LogP contribution < -0.4 is 5.32 Å². The fourth-order valence-electron chi connectivity index (χ4n) is 1.72. The third-order valence-corrected chi connectivity index (χ3v) is 3.37. The molecule has 0 aliphatic carbocycles. The number of aryl methyl sites for hydroxylation is 1. The highest BCUT2D eigenvalue weighted by Gasteiger charge is 2.16. The number of hydrogen-bond donors (Lipinski definition) is 1. The normalized spacial score (nSPS) is 10.4. The van der Waals surface area contributed by atoms with Gasteiger partial charge in [0, 0.05) is 15.1 Å². The molecule has 0 heterocycles. The maximum absolute atomic E-state index is 13.6. The summed E-state index contributed by atoms with van der Waals surface area (Å²) in [7, 11) is 0. The topological polar surface area (TPSA) is 29.1 Å². The van der Waals surface area contributed by atoms with E-state index >= 15 is 0 Å². The zero-order valence-electron chi connectivity index (χ0n) is 10.3. The van der Waals surface area contributed by atoms with E-state index in [-0.39, 0.29) is 4.47 Å². The van der Waals surface area contributed by atoms with Crippen LogP contribution in [0.3, 0.4) is 0 Å². The molecule has 0 spiro atoms. The predicted molar refractivity (Wildman–Crippen MR) is 78.2 cm³/mol. The van der Waals surface area contributed by atoms with Gasteiger partial charge in [-0.25, -0.2) is 8.78 Å². The molecule has 2 aromatic rings. The van der Waals surface area contributed by atoms with Crippen LogP contribution in [0, 0.1) is 18.6 Å². The van der Waals surface area contributed by atoms with Crippen molar-refractivity contribution in [3.8, 4) is 0 Å². The zero-order chi connectivity index (χ0) is 14.9. The van der Waals surface area contributed by atoms with E-state index in [4.69, 9.17) is 11.6 Å². The molecular weight excluding hydrogens is 352 g/mol. The third-order valence-electron chi connectivity index (χ3n) is 2.68. The molecule has 6 heteroatoms. The molecule has 104 valence electrons. The second kappa shape index (κ2) is 5.89. The number of hydrogen-bond acceptors (Lipinski definition) is 1. The molecular formula is C14H9BrClF2NO. The van der Waals surface area contributed by atoms with Gasteiger partial charge in [-0.15, -0.1) is 0 Å². The maximum atomic E-state index is 13.6. The Morgan fingerprint density at radius 3 is 2.35 bits per heavy atom. The lowest BCUT2D eigenvalue weighted by atomic mass is 10.1. The van der Waals surface area contributed by atoms with Crippen LogP contribution in [0.15, 0.2) is 34.8 Å². The molecule has 0 radical (unpaired) electrons. The van der Waals surface area contributed by atoms with Crippen LogP contribution in [0.1, 0.15) is 15.9 Å². The summed E-state index contributed by atoms with van der Waals surface area (Å²) in [6.45, 7) is 1.69. The Bertz CT molecular complexity index is 668. The van der Waals surface area contributed by atoms with E-state index in [2.05, 4.69) is 21.2 Å². The fraction of sp³-hybridized carbons (Fsp3) is 0.0714. The van der Waals surface area contributed by atoms with Crippen molar-refractivity contribution in [3.63, 3.8) is 0 Å². The van der Waals surface area contributed by atoms with Crippen LogP contribution in [-0.2, 0) is 0 Å². The lowest BCUT2D eigenvalue weighted by Crippen LogP contribution is -2.15. The molecule has 0 fully saturated rings. The van der Waals surface area contributed by atoms with E-state index in [1.165, 1.54) is 12.1 Å². The van der Waals surface area contributed by atoms with Crippen LogP contribution in [0.2, 0.25) is 5.02 Å². The Morgan fingerprint density at radius 2 is 1.80 bits per heavy atom. The average molecular weight is 361 g/mol. The van der Waals surface area contributed by atoms with Crippen molar-refractivity contribution >= 4 is 39.1 Å². The summed E-state index contributed by atoms with van der Waals surface area (Å²) in [4.78, 5) is 12.0. The third kappa shape index (κ3) is 3.16. The summed E-state index contributed by atoms with van der Waals surface area (Å²) in [5, 5.41) is 2.72. The van der Waals surface area contributed by atoms with Crippen LogP contribution >= 0.6 is 27.5 Å². The van der Waals surface area contributed by atoms with Crippen molar-refractivity contribution in [1.29, 1.82) is 0 Å². The highest BCUT2D eigenvalue weighted by Crippen LogP contribution is 2.25. The summed E-state index contributed by atoms with van der Waals surface area (Å²) >= 11 is 8.76. The minimum Gasteiger partial charge on any atom is -0.317 e. The van der Waals surface area contributed by atoms with Crippen LogP contribution in [0.5, 0.6) is 0 Å². The fourth-order valence-corrected chi connectivity index (χ4v) is 2.35. The average Bonchev–Trinajstić information content (AvgIpc) is 2.33. The van der Waals surface area contributed by atoms with Crippen LogP contribution in [0.25, 0.3) is 0 Å². The summed E-state index contributed by atoms with van der Waals surface area (Å²) in [5.74, 6) is -2.30. The van der Waals surface area contributed by atoms with E-state index in [0.717, 1.165) is 12.1 Å². The Balaban J connectivity index is 2.33. The van der Waals surface area contributed by atoms with Gasteiger partial charge in [-0.05, 0) is 42.8 Å². The van der Waals surface area contributed by atoms with Gasteiger partial charge in [0.15, 0.2) is 11.6 Å². The first-order valence-electron chi connectivity index (χ1n) is 5.60. The van der Waals surface area contributed by atoms with Crippen molar-refractivity contribution < 1.29 is 13.6 Å². The number of nitrogens with one attached hydrogen (secondary N) is 1. The standard InChI is InChI=1S/C14H9BrClF2NO/c1-7-4-9(16)2-3-10(7)14(20)19-13-11(17)5-8(15)6-12(13)18/h2-6H,1H3,(H,19,20). The summed E-state index contributed by atoms with van der Waals surface area (Å²) < 4.78 is 27.5. The first kappa shape index (κ1) is 14.9. The van der Waals surface area contributed by atoms with Crippen molar-refractivity contribution in [1.82, 2.24) is 0 Å². The molecule has 1 amide bonds. The predicted octanol–water partition coefficient (Wildman–Crippen LogP) is 4.94. The molecule has 0 saturated heterocycles. The van der Waals surface area contributed by atoms with Gasteiger partial charge >= 0.3 is 0 Å². The van der Waals surface area contributed by atoms with E-state index < -0.39 is 23.2 Å². The Morgan fingerprint density at radius 1 is 1.20 bits per heavy atom. The Hall–Kier alpha value is -1.46. The van der Waals surface area contributed by atoms with Gasteiger partial charge in [-0.1, -0.05) is 27.5 Å². The maximum Gasteiger partial charge on any atom is 0.256 e. The minimum absolute atomic E-state index is 0.258. The smallest absolute Gasteiger partial charge is 0.256 e. The lowest BCUT2D eigenvalue weighted by molar-refractivity contribution is 0.102. The minimum atomic E-state index is -0.850. The van der Waals surface area contributed by atoms with E-state index in [0.29, 0.717) is 16.1 Å². The molecule has 1 N–H and O–H groups in total. The highest BCUT2D eigenvalue weighted by molar-refractivity contribution is 9.10. The number of amides is 1. The molecule has 0 atom stereocenters. The molecule has 2 rings (SSSR count). The molecule has 0 unspecified atom stereocenters. The van der Waals surface area contributed by atoms with Gasteiger partial charge in [-0.2, -0.15) is 0 Å². The number of carbonyl (C=O) groups excluding carboxylic acids is 1. The summed E-state index contributed by atoms with van der Waals surface area (Å²) in [6.07, 6.45) is 0. The molecule has 20 heavy (non-hydrogen) atoms. The van der Waals surface area contributed by atoms with Crippen molar-refractivity contribution in [2.75, 3.05) is 5.32 Å². The van der Waals surface area contributed by atoms with Gasteiger partial charge in [0.25, 0.3) is 5.91 Å². The summed E-state index contributed by atoms with van der Waals surface area (Å²) in [5.41, 5.74) is 0.441. The van der Waals surface area contributed by atoms with Crippen LogP contribution in [0.4, 0.5) is 14.5 Å². The second-order valence-corrected chi connectivity index (χ2v) is 5.51. The molecule has 0 aliphatic rings. The van der Waals surface area contributed by atoms with Crippen molar-refractivity contribution in [2.24, 2.45) is 0 Å². The zero-order valence-corrected chi connectivity index (χ0v) is 12.6. The quantitative estimate of drug-likeness (QED) is 0.807. The largest absolute Gasteiger partial charge is 0.317 e. The molecule has 2 nitrogen and oxygen atoms in total. The first-order valence-corrected chi connectivity index (χ1v) is 6.77. The van der Waals surface area contributed by atoms with E-state index in [1.54, 1.807) is 13.0 Å². The SMILES string of the molecule is Cc1cc(Cl)ccc1C(=O)Nc1c(F)cc(Br)cc1F. The molecule has 0 bridgehead atoms. The van der Waals surface area contributed by atoms with Gasteiger partial charge in [0.1, 0.15) is 5.69 Å². The van der Waals surface area contributed by atoms with Crippen molar-refractivity contribution in [3.05, 3.63) is 62.6 Å². The first-order chi connectivity index (χ1) is 9.38. The van der Waals surface area contributed by atoms with Gasteiger partial charge in [-0.3, -0.25) is 4.79 Å². The highest BCUT2D eigenvalue weighted by atomic mass is 79.9. The van der Waals surface area contributed by atoms with E-state index in [1.807, 2.05) is 0 Å². The van der Waals surface area contributed by atoms with Gasteiger partial charge < -0.3 is 5.32 Å². The monoisotopic (exact) mass is 359 g/mol. The molecule has 2 aromatic carbocycles. The van der Waals surface area contributed by atoms with Crippen molar-refractivity contribution in [2.45, 2.75) is 6.92 Å². The lowest BCUT2D eigenvalue weighted by Gasteiger charge is -2.10. The van der Waals surface area contributed by atoms with Gasteiger partial charge in [0.2, 0.25) is 0 Å². The number of benzene rings is 2. The van der Waals surface area contributed by atoms with Crippen LogP contribution in [-0.4, -0.2) is 5.91 Å². The Labute approximate surface area is 127 Å². The number of rotatable bonds is 2. The molecule has 0 aromatic heterocycles. The van der Waals surface area contributed by atoms with Gasteiger partial charge in [0.05, 0.1) is 0 Å². The molecule has 0 saturated carbocycles. The second-order valence-electron chi connectivity index (χ2n) is 4.16. The summed E-state index contributed by atoms with van der Waals surface area (Å²) in [6, 6.07) is 6.80. The number of carbonyl (C=O) groups is 1.